The number of hydrogen-bond donors (Lipinski definition) is 0. The molecule has 0 amide bonds. The van der Waals surface area contributed by atoms with E-state index in [0.717, 1.165) is 12.0 Å². The van der Waals surface area contributed by atoms with E-state index in [1.165, 1.54) is 0 Å². The molecule has 13 heavy (non-hydrogen) atoms. The monoisotopic (exact) mass is 179 g/mol. The molecule has 2 heterocycles. The van der Waals surface area contributed by atoms with Crippen LogP contribution in [-0.2, 0) is 16.1 Å². The lowest BCUT2D eigenvalue weighted by Crippen LogP contribution is -2.27. The normalized spacial score (nSPS) is 20.7. The lowest BCUT2D eigenvalue weighted by atomic mass is 10.3. The number of ether oxygens (including phenoxy) is 1. The average molecular weight is 179 g/mol. The molecule has 0 aliphatic carbocycles. The van der Waals surface area contributed by atoms with Gasteiger partial charge in [0.25, 0.3) is 0 Å². The Labute approximate surface area is 75.1 Å². The molecule has 0 aromatic carbocycles. The first-order chi connectivity index (χ1) is 6.24. The van der Waals surface area contributed by atoms with Gasteiger partial charge in [0.1, 0.15) is 12.6 Å². The third kappa shape index (κ3) is 1.06. The van der Waals surface area contributed by atoms with E-state index in [1.54, 1.807) is 23.6 Å². The molecule has 1 aliphatic heterocycles. The first-order valence-electron chi connectivity index (χ1n) is 4.06. The van der Waals surface area contributed by atoms with Crippen LogP contribution in [0.2, 0.25) is 0 Å². The summed E-state index contributed by atoms with van der Waals surface area (Å²) in [6.45, 7) is 1.98. The van der Waals surface area contributed by atoms with Gasteiger partial charge in [-0.05, 0) is 19.1 Å². The van der Waals surface area contributed by atoms with E-state index in [0.29, 0.717) is 5.69 Å². The number of esters is 1. The Bertz CT molecular complexity index is 367. The molecule has 0 saturated heterocycles. The van der Waals surface area contributed by atoms with Crippen LogP contribution in [0.15, 0.2) is 12.1 Å². The van der Waals surface area contributed by atoms with Crippen molar-refractivity contribution in [1.29, 1.82) is 0 Å². The third-order valence-corrected chi connectivity index (χ3v) is 2.25. The maximum Gasteiger partial charge on any atom is 0.329 e. The van der Waals surface area contributed by atoms with Gasteiger partial charge in [-0.15, -0.1) is 0 Å². The second-order valence-electron chi connectivity index (χ2n) is 3.02. The highest BCUT2D eigenvalue weighted by molar-refractivity contribution is 5.79. The maximum atomic E-state index is 11.2. The van der Waals surface area contributed by atoms with Crippen molar-refractivity contribution in [3.8, 4) is 0 Å². The van der Waals surface area contributed by atoms with Gasteiger partial charge < -0.3 is 9.30 Å². The smallest absolute Gasteiger partial charge is 0.329 e. The lowest BCUT2D eigenvalue weighted by molar-refractivity contribution is -0.151. The average Bonchev–Trinajstić information content (AvgIpc) is 2.55. The zero-order valence-corrected chi connectivity index (χ0v) is 7.19. The summed E-state index contributed by atoms with van der Waals surface area (Å²) in [7, 11) is 0. The Morgan fingerprint density at radius 3 is 3.08 bits per heavy atom. The van der Waals surface area contributed by atoms with Crippen LogP contribution in [0.5, 0.6) is 0 Å². The molecule has 4 heteroatoms. The van der Waals surface area contributed by atoms with Crippen LogP contribution in [0.1, 0.15) is 29.1 Å². The first-order valence-corrected chi connectivity index (χ1v) is 4.06. The second kappa shape index (κ2) is 2.73. The summed E-state index contributed by atoms with van der Waals surface area (Å²) in [6.07, 6.45) is 0.749. The van der Waals surface area contributed by atoms with Gasteiger partial charge in [0.2, 0.25) is 0 Å². The number of carbonyl (C=O) groups excluding carboxylic acids is 2. The van der Waals surface area contributed by atoms with Crippen molar-refractivity contribution >= 4 is 12.3 Å². The maximum absolute atomic E-state index is 11.2. The number of cyclic esters (lactones) is 1. The van der Waals surface area contributed by atoms with E-state index in [4.69, 9.17) is 4.74 Å². The summed E-state index contributed by atoms with van der Waals surface area (Å²) in [5, 5.41) is 0. The van der Waals surface area contributed by atoms with Gasteiger partial charge >= 0.3 is 5.97 Å². The predicted octanol–water partition coefficient (Wildman–Crippen LogP) is 0.918. The Hall–Kier alpha value is -1.58. The fourth-order valence-electron chi connectivity index (χ4n) is 1.57. The van der Waals surface area contributed by atoms with Gasteiger partial charge in [-0.3, -0.25) is 4.79 Å². The minimum absolute atomic E-state index is 0.261. The van der Waals surface area contributed by atoms with Gasteiger partial charge in [0.05, 0.1) is 11.4 Å². The quantitative estimate of drug-likeness (QED) is 0.475. The van der Waals surface area contributed by atoms with Crippen molar-refractivity contribution in [3.63, 3.8) is 0 Å². The van der Waals surface area contributed by atoms with E-state index in [9.17, 15) is 9.59 Å². The Kier molecular flexibility index (Phi) is 1.69. The minimum Gasteiger partial charge on any atom is -0.458 e. The summed E-state index contributed by atoms with van der Waals surface area (Å²) in [6, 6.07) is 3.10. The summed E-state index contributed by atoms with van der Waals surface area (Å²) in [5.41, 5.74) is 1.40. The molecule has 68 valence electrons. The van der Waals surface area contributed by atoms with Gasteiger partial charge in [-0.1, -0.05) is 0 Å². The molecule has 0 spiro atoms. The van der Waals surface area contributed by atoms with E-state index >= 15 is 0 Å². The first kappa shape index (κ1) is 8.04. The molecule has 1 aliphatic rings. The van der Waals surface area contributed by atoms with Crippen LogP contribution in [0.25, 0.3) is 0 Å². The molecule has 0 unspecified atom stereocenters. The second-order valence-corrected chi connectivity index (χ2v) is 3.02. The van der Waals surface area contributed by atoms with Gasteiger partial charge in [-0.2, -0.15) is 0 Å². The minimum atomic E-state index is -0.390. The van der Waals surface area contributed by atoms with Crippen LogP contribution in [0.3, 0.4) is 0 Å². The Balaban J connectivity index is 2.54. The highest BCUT2D eigenvalue weighted by Crippen LogP contribution is 2.22. The van der Waals surface area contributed by atoms with Crippen molar-refractivity contribution in [2.24, 2.45) is 0 Å². The number of fused-ring (bicyclic) bond motifs is 1. The molecule has 1 atom stereocenters. The van der Waals surface area contributed by atoms with Gasteiger partial charge in [-0.25, -0.2) is 4.79 Å². The van der Waals surface area contributed by atoms with E-state index < -0.39 is 0 Å². The molecule has 0 radical (unpaired) electrons. The predicted molar refractivity (Wildman–Crippen MR) is 44.3 cm³/mol. The largest absolute Gasteiger partial charge is 0.458 e. The van der Waals surface area contributed by atoms with Crippen molar-refractivity contribution in [1.82, 2.24) is 4.57 Å². The summed E-state index contributed by atoms with van der Waals surface area (Å²) < 4.78 is 6.61. The number of rotatable bonds is 1. The highest BCUT2D eigenvalue weighted by atomic mass is 16.5. The van der Waals surface area contributed by atoms with E-state index in [2.05, 4.69) is 0 Å². The highest BCUT2D eigenvalue weighted by Gasteiger charge is 2.26. The molecule has 0 saturated carbocycles. The lowest BCUT2D eigenvalue weighted by Gasteiger charge is -2.22. The number of aldehydes is 1. The molecule has 0 N–H and O–H groups in total. The van der Waals surface area contributed by atoms with E-state index in [1.807, 2.05) is 0 Å². The molecule has 1 aromatic rings. The number of hydrogen-bond acceptors (Lipinski definition) is 3. The topological polar surface area (TPSA) is 48.3 Å². The molecule has 2 rings (SSSR count). The summed E-state index contributed by atoms with van der Waals surface area (Å²) >= 11 is 0. The van der Waals surface area contributed by atoms with Crippen molar-refractivity contribution in [2.75, 3.05) is 0 Å². The van der Waals surface area contributed by atoms with Crippen LogP contribution < -0.4 is 0 Å². The summed E-state index contributed by atoms with van der Waals surface area (Å²) in [5.74, 6) is -0.285. The fourth-order valence-corrected chi connectivity index (χ4v) is 1.57. The van der Waals surface area contributed by atoms with Gasteiger partial charge in [0.15, 0.2) is 6.29 Å². The molecule has 4 nitrogen and oxygen atoms in total. The Morgan fingerprint density at radius 2 is 2.38 bits per heavy atom. The number of nitrogens with zero attached hydrogens (tertiary/aromatic N) is 1. The van der Waals surface area contributed by atoms with Crippen molar-refractivity contribution in [2.45, 2.75) is 19.6 Å². The van der Waals surface area contributed by atoms with Crippen LogP contribution in [-0.4, -0.2) is 16.8 Å². The van der Waals surface area contributed by atoms with Crippen LogP contribution in [0.4, 0.5) is 0 Å². The fraction of sp³-hybridized carbons (Fsp3) is 0.333. The molecule has 0 fully saturated rings. The van der Waals surface area contributed by atoms with Crippen LogP contribution >= 0.6 is 0 Å². The standard InChI is InChI=1S/C9H9NO3/c1-6-9(12)13-5-8-3-2-7(4-11)10(6)8/h2-4,6H,5H2,1H3/t6-/m0/s1. The van der Waals surface area contributed by atoms with Crippen molar-refractivity contribution < 1.29 is 14.3 Å². The molecule has 1 aromatic heterocycles. The van der Waals surface area contributed by atoms with E-state index in [-0.39, 0.29) is 18.6 Å². The Morgan fingerprint density at radius 1 is 1.62 bits per heavy atom. The molecule has 0 bridgehead atoms. The zero-order valence-electron chi connectivity index (χ0n) is 7.19. The SMILES string of the molecule is C[C@H]1C(=O)OCc2ccc(C=O)n21. The molecular formula is C9H9NO3. The van der Waals surface area contributed by atoms with Crippen LogP contribution in [0, 0.1) is 0 Å². The summed E-state index contributed by atoms with van der Waals surface area (Å²) in [4.78, 5) is 21.8. The molecular weight excluding hydrogens is 170 g/mol. The number of carbonyl (C=O) groups is 2. The zero-order chi connectivity index (χ0) is 9.42. The van der Waals surface area contributed by atoms with Crippen molar-refractivity contribution in [3.05, 3.63) is 23.5 Å². The number of aromatic nitrogens is 1. The van der Waals surface area contributed by atoms with Gasteiger partial charge in [0, 0.05) is 0 Å². The third-order valence-electron chi connectivity index (χ3n) is 2.25.